The Kier molecular flexibility index (Phi) is 5.51. The van der Waals surface area contributed by atoms with Crippen LogP contribution in [0.4, 0.5) is 13.2 Å². The molecule has 0 aliphatic carbocycles. The van der Waals surface area contributed by atoms with Gasteiger partial charge in [-0.15, -0.1) is 0 Å². The molecule has 0 bridgehead atoms. The third-order valence-electron chi connectivity index (χ3n) is 4.42. The lowest BCUT2D eigenvalue weighted by molar-refractivity contribution is 0.179. The summed E-state index contributed by atoms with van der Waals surface area (Å²) < 4.78 is 67.8. The molecule has 2 aromatic rings. The zero-order valence-corrected chi connectivity index (χ0v) is 15.0. The van der Waals surface area contributed by atoms with Crippen molar-refractivity contribution < 1.29 is 21.6 Å². The second kappa shape index (κ2) is 7.68. The van der Waals surface area contributed by atoms with Crippen LogP contribution in [-0.4, -0.2) is 43.8 Å². The lowest BCUT2D eigenvalue weighted by Crippen LogP contribution is -2.48. The van der Waals surface area contributed by atoms with Crippen LogP contribution in [-0.2, 0) is 16.6 Å². The molecule has 1 heterocycles. The predicted octanol–water partition coefficient (Wildman–Crippen LogP) is 2.48. The van der Waals surface area contributed by atoms with E-state index in [4.69, 9.17) is 5.26 Å². The lowest BCUT2D eigenvalue weighted by atomic mass is 10.1. The minimum absolute atomic E-state index is 0.0357. The molecule has 1 aliphatic heterocycles. The van der Waals surface area contributed by atoms with Gasteiger partial charge < -0.3 is 0 Å². The smallest absolute Gasteiger partial charge is 0.249 e. The van der Waals surface area contributed by atoms with Gasteiger partial charge in [-0.25, -0.2) is 21.6 Å². The van der Waals surface area contributed by atoms with E-state index in [2.05, 4.69) is 0 Å². The van der Waals surface area contributed by atoms with Gasteiger partial charge in [-0.2, -0.15) is 9.57 Å². The van der Waals surface area contributed by atoms with Crippen LogP contribution in [0.15, 0.2) is 41.3 Å². The molecule has 2 aromatic carbocycles. The van der Waals surface area contributed by atoms with E-state index in [1.165, 1.54) is 12.1 Å². The molecular weight excluding hydrogens is 379 g/mol. The van der Waals surface area contributed by atoms with Crippen molar-refractivity contribution in [1.29, 1.82) is 5.26 Å². The predicted molar refractivity (Wildman–Crippen MR) is 91.5 cm³/mol. The fraction of sp³-hybridized carbons (Fsp3) is 0.278. The van der Waals surface area contributed by atoms with Crippen molar-refractivity contribution in [3.63, 3.8) is 0 Å². The summed E-state index contributed by atoms with van der Waals surface area (Å²) in [4.78, 5) is 0.894. The molecule has 0 atom stereocenters. The average Bonchev–Trinajstić information content (AvgIpc) is 2.63. The highest BCUT2D eigenvalue weighted by atomic mass is 32.2. The molecule has 0 radical (unpaired) electrons. The van der Waals surface area contributed by atoms with Crippen molar-refractivity contribution >= 4 is 10.0 Å². The number of sulfonamides is 1. The van der Waals surface area contributed by atoms with Crippen LogP contribution in [0.5, 0.6) is 0 Å². The Labute approximate surface area is 155 Å². The second-order valence-corrected chi connectivity index (χ2v) is 8.02. The van der Waals surface area contributed by atoms with E-state index in [0.29, 0.717) is 5.56 Å². The third kappa shape index (κ3) is 3.98. The molecule has 0 spiro atoms. The standard InChI is InChI=1S/C18H16F3N3O2S/c19-15-2-1-3-16(20)18(15)27(25,26)24-8-6-23(7-9-24)12-14-5-4-13(11-22)10-17(14)21/h1-5,10H,6-9,12H2. The maximum absolute atomic E-state index is 14.0. The summed E-state index contributed by atoms with van der Waals surface area (Å²) in [6, 6.07) is 8.95. The lowest BCUT2D eigenvalue weighted by Gasteiger charge is -2.34. The topological polar surface area (TPSA) is 64.4 Å². The van der Waals surface area contributed by atoms with Crippen LogP contribution < -0.4 is 0 Å². The highest BCUT2D eigenvalue weighted by Gasteiger charge is 2.33. The molecule has 1 aliphatic rings. The Morgan fingerprint density at radius 3 is 2.15 bits per heavy atom. The van der Waals surface area contributed by atoms with E-state index in [1.807, 2.05) is 11.0 Å². The second-order valence-electron chi connectivity index (χ2n) is 6.15. The number of piperazine rings is 1. The summed E-state index contributed by atoms with van der Waals surface area (Å²) in [5, 5.41) is 8.77. The highest BCUT2D eigenvalue weighted by molar-refractivity contribution is 7.89. The normalized spacial score (nSPS) is 16.2. The third-order valence-corrected chi connectivity index (χ3v) is 6.38. The first-order valence-electron chi connectivity index (χ1n) is 8.18. The number of nitrogens with zero attached hydrogens (tertiary/aromatic N) is 3. The average molecular weight is 395 g/mol. The zero-order chi connectivity index (χ0) is 19.6. The first kappa shape index (κ1) is 19.4. The molecule has 0 unspecified atom stereocenters. The first-order chi connectivity index (χ1) is 12.8. The van der Waals surface area contributed by atoms with Crippen LogP contribution in [0.2, 0.25) is 0 Å². The van der Waals surface area contributed by atoms with Gasteiger partial charge in [0.15, 0.2) is 4.90 Å². The van der Waals surface area contributed by atoms with Crippen LogP contribution in [0.3, 0.4) is 0 Å². The summed E-state index contributed by atoms with van der Waals surface area (Å²) in [5.41, 5.74) is 0.615. The minimum atomic E-state index is -4.29. The molecule has 5 nitrogen and oxygen atoms in total. The molecule has 1 saturated heterocycles. The van der Waals surface area contributed by atoms with E-state index < -0.39 is 32.4 Å². The van der Waals surface area contributed by atoms with Gasteiger partial charge in [-0.1, -0.05) is 12.1 Å². The Morgan fingerprint density at radius 2 is 1.59 bits per heavy atom. The van der Waals surface area contributed by atoms with Crippen molar-refractivity contribution in [3.05, 3.63) is 65.0 Å². The van der Waals surface area contributed by atoms with Gasteiger partial charge in [-0.05, 0) is 24.3 Å². The summed E-state index contributed by atoms with van der Waals surface area (Å²) in [7, 11) is -4.29. The van der Waals surface area contributed by atoms with Crippen molar-refractivity contribution in [2.45, 2.75) is 11.4 Å². The van der Waals surface area contributed by atoms with Crippen molar-refractivity contribution in [1.82, 2.24) is 9.21 Å². The van der Waals surface area contributed by atoms with Crippen LogP contribution in [0.1, 0.15) is 11.1 Å². The fourth-order valence-electron chi connectivity index (χ4n) is 2.97. The SMILES string of the molecule is N#Cc1ccc(CN2CCN(S(=O)(=O)c3c(F)cccc3F)CC2)c(F)c1. The van der Waals surface area contributed by atoms with Crippen LogP contribution in [0, 0.1) is 28.8 Å². The molecule has 0 amide bonds. The molecule has 9 heteroatoms. The molecule has 0 aromatic heterocycles. The van der Waals surface area contributed by atoms with Crippen molar-refractivity contribution in [2.75, 3.05) is 26.2 Å². The van der Waals surface area contributed by atoms with Gasteiger partial charge in [-0.3, -0.25) is 4.90 Å². The number of hydrogen-bond acceptors (Lipinski definition) is 4. The summed E-state index contributed by atoms with van der Waals surface area (Å²) in [5.74, 6) is -2.76. The minimum Gasteiger partial charge on any atom is -0.296 e. The largest absolute Gasteiger partial charge is 0.296 e. The summed E-state index contributed by atoms with van der Waals surface area (Å²) >= 11 is 0. The van der Waals surface area contributed by atoms with Crippen molar-refractivity contribution in [3.8, 4) is 6.07 Å². The molecular formula is C18H16F3N3O2S. The maximum atomic E-state index is 14.0. The molecule has 142 valence electrons. The number of rotatable bonds is 4. The molecule has 1 fully saturated rings. The van der Waals surface area contributed by atoms with Crippen LogP contribution in [0.25, 0.3) is 0 Å². The van der Waals surface area contributed by atoms with Crippen LogP contribution >= 0.6 is 0 Å². The number of nitriles is 1. The maximum Gasteiger partial charge on any atom is 0.249 e. The Hall–Kier alpha value is -2.41. The first-order valence-corrected chi connectivity index (χ1v) is 9.62. The monoisotopic (exact) mass is 395 g/mol. The van der Waals surface area contributed by atoms with E-state index >= 15 is 0 Å². The Bertz CT molecular complexity index is 977. The van der Waals surface area contributed by atoms with Gasteiger partial charge in [0, 0.05) is 38.3 Å². The number of hydrogen-bond donors (Lipinski definition) is 0. The Morgan fingerprint density at radius 1 is 0.963 bits per heavy atom. The molecule has 0 N–H and O–H groups in total. The quantitative estimate of drug-likeness (QED) is 0.798. The molecule has 3 rings (SSSR count). The van der Waals surface area contributed by atoms with E-state index in [0.717, 1.165) is 28.6 Å². The Balaban J connectivity index is 1.69. The van der Waals surface area contributed by atoms with E-state index in [9.17, 15) is 21.6 Å². The van der Waals surface area contributed by atoms with Gasteiger partial charge in [0.2, 0.25) is 10.0 Å². The molecule has 27 heavy (non-hydrogen) atoms. The van der Waals surface area contributed by atoms with Gasteiger partial charge in [0.1, 0.15) is 17.5 Å². The fourth-order valence-corrected chi connectivity index (χ4v) is 4.50. The van der Waals surface area contributed by atoms with Crippen molar-refractivity contribution in [2.24, 2.45) is 0 Å². The zero-order valence-electron chi connectivity index (χ0n) is 14.2. The van der Waals surface area contributed by atoms with E-state index in [-0.39, 0.29) is 38.3 Å². The molecule has 0 saturated carbocycles. The van der Waals surface area contributed by atoms with E-state index in [1.54, 1.807) is 0 Å². The highest BCUT2D eigenvalue weighted by Crippen LogP contribution is 2.24. The van der Waals surface area contributed by atoms with Gasteiger partial charge in [0.25, 0.3) is 0 Å². The summed E-state index contributed by atoms with van der Waals surface area (Å²) in [6.07, 6.45) is 0. The number of benzene rings is 2. The number of halogens is 3. The van der Waals surface area contributed by atoms with Gasteiger partial charge in [0.05, 0.1) is 11.6 Å². The summed E-state index contributed by atoms with van der Waals surface area (Å²) in [6.45, 7) is 0.894. The van der Waals surface area contributed by atoms with Gasteiger partial charge >= 0.3 is 0 Å².